The molecule has 21 heavy (non-hydrogen) atoms. The van der Waals surface area contributed by atoms with E-state index in [2.05, 4.69) is 34.3 Å². The van der Waals surface area contributed by atoms with Gasteiger partial charge in [-0.1, -0.05) is 0 Å². The lowest BCUT2D eigenvalue weighted by Gasteiger charge is -2.34. The number of carbonyl (C=O) groups is 1. The number of aromatic nitrogens is 1. The van der Waals surface area contributed by atoms with Crippen molar-refractivity contribution in [2.24, 2.45) is 0 Å². The molecule has 1 saturated heterocycles. The first kappa shape index (κ1) is 15.9. The molecule has 0 aromatic carbocycles. The number of nitrogens with zero attached hydrogens (tertiary/aromatic N) is 3. The molecule has 5 nitrogen and oxygen atoms in total. The van der Waals surface area contributed by atoms with Crippen molar-refractivity contribution in [3.63, 3.8) is 0 Å². The molecule has 1 atom stereocenters. The summed E-state index contributed by atoms with van der Waals surface area (Å²) in [7, 11) is 3.63. The topological polar surface area (TPSA) is 48.5 Å². The van der Waals surface area contributed by atoms with E-state index < -0.39 is 0 Å². The Labute approximate surface area is 127 Å². The molecule has 0 spiro atoms. The molecular weight excluding hydrogens is 264 g/mol. The zero-order valence-electron chi connectivity index (χ0n) is 13.2. The van der Waals surface area contributed by atoms with Gasteiger partial charge in [-0.25, -0.2) is 0 Å². The molecule has 0 saturated carbocycles. The lowest BCUT2D eigenvalue weighted by atomic mass is 10.0. The first-order valence-electron chi connectivity index (χ1n) is 7.64. The van der Waals surface area contributed by atoms with E-state index in [0.717, 1.165) is 25.9 Å². The van der Waals surface area contributed by atoms with Crippen LogP contribution in [0.1, 0.15) is 31.4 Å². The van der Waals surface area contributed by atoms with Crippen LogP contribution in [0.3, 0.4) is 0 Å². The fourth-order valence-corrected chi connectivity index (χ4v) is 2.69. The number of hydrogen-bond donors (Lipinski definition) is 1. The van der Waals surface area contributed by atoms with Crippen molar-refractivity contribution in [1.29, 1.82) is 0 Å². The van der Waals surface area contributed by atoms with Gasteiger partial charge in [0.25, 0.3) is 0 Å². The first-order chi connectivity index (χ1) is 10.1. The largest absolute Gasteiger partial charge is 0.348 e. The molecule has 1 aliphatic heterocycles. The van der Waals surface area contributed by atoms with Gasteiger partial charge in [-0.3, -0.25) is 14.7 Å². The predicted octanol–water partition coefficient (Wildman–Crippen LogP) is 1.28. The van der Waals surface area contributed by atoms with Gasteiger partial charge < -0.3 is 10.2 Å². The van der Waals surface area contributed by atoms with Crippen LogP contribution in [0.4, 0.5) is 0 Å². The maximum absolute atomic E-state index is 11.7. The fourth-order valence-electron chi connectivity index (χ4n) is 2.69. The van der Waals surface area contributed by atoms with Crippen molar-refractivity contribution in [2.75, 3.05) is 33.7 Å². The van der Waals surface area contributed by atoms with Crippen molar-refractivity contribution in [2.45, 2.75) is 31.8 Å². The lowest BCUT2D eigenvalue weighted by Crippen LogP contribution is -2.46. The highest BCUT2D eigenvalue weighted by Gasteiger charge is 2.22. The molecule has 1 aliphatic rings. The summed E-state index contributed by atoms with van der Waals surface area (Å²) in [4.78, 5) is 19.7. The standard InChI is InChI=1S/C16H26N4O/c1-13(14-4-8-17-9-5-14)18-15-6-10-20(11-7-15)12-16(21)19(2)3/h4-5,8-9,13,15,18H,6-7,10-12H2,1-3H3/t13-/m0/s1. The van der Waals surface area contributed by atoms with Crippen LogP contribution in [0, 0.1) is 0 Å². The van der Waals surface area contributed by atoms with Gasteiger partial charge in [0.2, 0.25) is 5.91 Å². The summed E-state index contributed by atoms with van der Waals surface area (Å²) in [6.07, 6.45) is 5.86. The number of likely N-dealkylation sites (N-methyl/N-ethyl adjacent to an activating group) is 1. The predicted molar refractivity (Wildman–Crippen MR) is 83.9 cm³/mol. The number of hydrogen-bond acceptors (Lipinski definition) is 4. The zero-order valence-corrected chi connectivity index (χ0v) is 13.2. The molecule has 0 aliphatic carbocycles. The quantitative estimate of drug-likeness (QED) is 0.887. The van der Waals surface area contributed by atoms with Crippen LogP contribution >= 0.6 is 0 Å². The molecule has 1 aromatic rings. The minimum absolute atomic E-state index is 0.187. The molecule has 1 amide bonds. The van der Waals surface area contributed by atoms with Crippen molar-refractivity contribution in [1.82, 2.24) is 20.1 Å². The summed E-state index contributed by atoms with van der Waals surface area (Å²) in [6.45, 7) is 4.71. The van der Waals surface area contributed by atoms with Gasteiger partial charge >= 0.3 is 0 Å². The van der Waals surface area contributed by atoms with Crippen LogP contribution in [-0.2, 0) is 4.79 Å². The third kappa shape index (κ3) is 4.79. The minimum Gasteiger partial charge on any atom is -0.348 e. The Morgan fingerprint density at radius 3 is 2.57 bits per heavy atom. The van der Waals surface area contributed by atoms with Crippen LogP contribution in [0.25, 0.3) is 0 Å². The number of nitrogens with one attached hydrogen (secondary N) is 1. The summed E-state index contributed by atoms with van der Waals surface area (Å²) in [5.74, 6) is 0.187. The first-order valence-corrected chi connectivity index (χ1v) is 7.64. The summed E-state index contributed by atoms with van der Waals surface area (Å²) < 4.78 is 0. The van der Waals surface area contributed by atoms with E-state index in [9.17, 15) is 4.79 Å². The third-order valence-corrected chi connectivity index (χ3v) is 4.14. The maximum Gasteiger partial charge on any atom is 0.236 e. The van der Waals surface area contributed by atoms with Crippen LogP contribution in [-0.4, -0.2) is 60.5 Å². The van der Waals surface area contributed by atoms with Gasteiger partial charge in [-0.15, -0.1) is 0 Å². The Kier molecular flexibility index (Phi) is 5.70. The summed E-state index contributed by atoms with van der Waals surface area (Å²) >= 11 is 0. The average Bonchev–Trinajstić information content (AvgIpc) is 2.50. The van der Waals surface area contributed by atoms with E-state index in [4.69, 9.17) is 0 Å². The molecule has 2 rings (SSSR count). The molecule has 1 N–H and O–H groups in total. The zero-order chi connectivity index (χ0) is 15.2. The highest BCUT2D eigenvalue weighted by atomic mass is 16.2. The summed E-state index contributed by atoms with van der Waals surface area (Å²) in [5.41, 5.74) is 1.27. The maximum atomic E-state index is 11.7. The normalized spacial score (nSPS) is 18.4. The molecule has 0 radical (unpaired) electrons. The van der Waals surface area contributed by atoms with E-state index in [1.165, 1.54) is 5.56 Å². The van der Waals surface area contributed by atoms with Crippen LogP contribution in [0.2, 0.25) is 0 Å². The average molecular weight is 290 g/mol. The van der Waals surface area contributed by atoms with Gasteiger partial charge in [0.15, 0.2) is 0 Å². The van der Waals surface area contributed by atoms with Gasteiger partial charge in [0, 0.05) is 51.7 Å². The fraction of sp³-hybridized carbons (Fsp3) is 0.625. The van der Waals surface area contributed by atoms with E-state index in [-0.39, 0.29) is 5.91 Å². The number of piperidine rings is 1. The smallest absolute Gasteiger partial charge is 0.236 e. The van der Waals surface area contributed by atoms with Gasteiger partial charge in [0.1, 0.15) is 0 Å². The number of likely N-dealkylation sites (tertiary alicyclic amines) is 1. The summed E-state index contributed by atoms with van der Waals surface area (Å²) in [6, 6.07) is 4.98. The number of pyridine rings is 1. The van der Waals surface area contributed by atoms with Gasteiger partial charge in [-0.2, -0.15) is 0 Å². The van der Waals surface area contributed by atoms with E-state index >= 15 is 0 Å². The van der Waals surface area contributed by atoms with Crippen molar-refractivity contribution >= 4 is 5.91 Å². The van der Waals surface area contributed by atoms with E-state index in [1.54, 1.807) is 4.90 Å². The SMILES string of the molecule is C[C@H](NC1CCN(CC(=O)N(C)C)CC1)c1ccncc1. The second-order valence-electron chi connectivity index (χ2n) is 6.01. The van der Waals surface area contributed by atoms with Crippen LogP contribution in [0.5, 0.6) is 0 Å². The highest BCUT2D eigenvalue weighted by molar-refractivity contribution is 5.77. The monoisotopic (exact) mass is 290 g/mol. The Hall–Kier alpha value is -1.46. The summed E-state index contributed by atoms with van der Waals surface area (Å²) in [5, 5.41) is 3.68. The molecule has 1 fully saturated rings. The molecule has 5 heteroatoms. The Balaban J connectivity index is 1.75. The molecule has 2 heterocycles. The second kappa shape index (κ2) is 7.52. The second-order valence-corrected chi connectivity index (χ2v) is 6.01. The molecule has 116 valence electrons. The molecule has 0 bridgehead atoms. The van der Waals surface area contributed by atoms with E-state index in [1.807, 2.05) is 26.5 Å². The number of carbonyl (C=O) groups excluding carboxylic acids is 1. The van der Waals surface area contributed by atoms with Crippen LogP contribution in [0.15, 0.2) is 24.5 Å². The van der Waals surface area contributed by atoms with Crippen molar-refractivity contribution < 1.29 is 4.79 Å². The molecular formula is C16H26N4O. The Bertz CT molecular complexity index is 441. The Morgan fingerprint density at radius 2 is 2.00 bits per heavy atom. The van der Waals surface area contributed by atoms with E-state index in [0.29, 0.717) is 18.6 Å². The van der Waals surface area contributed by atoms with Crippen LogP contribution < -0.4 is 5.32 Å². The number of amides is 1. The molecule has 0 unspecified atom stereocenters. The number of rotatable bonds is 5. The Morgan fingerprint density at radius 1 is 1.38 bits per heavy atom. The van der Waals surface area contributed by atoms with Crippen molar-refractivity contribution in [3.05, 3.63) is 30.1 Å². The highest BCUT2D eigenvalue weighted by Crippen LogP contribution is 2.16. The molecule has 1 aromatic heterocycles. The van der Waals surface area contributed by atoms with Gasteiger partial charge in [-0.05, 0) is 37.5 Å². The van der Waals surface area contributed by atoms with Gasteiger partial charge in [0.05, 0.1) is 6.54 Å². The van der Waals surface area contributed by atoms with Crippen molar-refractivity contribution in [3.8, 4) is 0 Å². The minimum atomic E-state index is 0.187. The lowest BCUT2D eigenvalue weighted by molar-refractivity contribution is -0.130. The third-order valence-electron chi connectivity index (χ3n) is 4.14.